The molecule has 3 amide bonds. The number of ether oxygens (including phenoxy) is 1. The molecule has 3 heterocycles. The van der Waals surface area contributed by atoms with Crippen LogP contribution in [0, 0.1) is 6.92 Å². The Morgan fingerprint density at radius 3 is 2.39 bits per heavy atom. The molecule has 10 nitrogen and oxygen atoms in total. The Hall–Kier alpha value is -4.08. The van der Waals surface area contributed by atoms with Gasteiger partial charge in [-0.25, -0.2) is 0 Å². The molecular weight excluding hydrogens is 426 g/mol. The molecule has 33 heavy (non-hydrogen) atoms. The molecule has 10 heteroatoms. The summed E-state index contributed by atoms with van der Waals surface area (Å²) in [5, 5.41) is 6.90. The van der Waals surface area contributed by atoms with Crippen molar-refractivity contribution in [2.24, 2.45) is 0 Å². The van der Waals surface area contributed by atoms with Crippen molar-refractivity contribution in [2.45, 2.75) is 13.5 Å². The van der Waals surface area contributed by atoms with Crippen molar-refractivity contribution in [3.05, 3.63) is 65.9 Å². The Balaban J connectivity index is 1.27. The number of carbonyl (C=O) groups excluding carboxylic acids is 3. The van der Waals surface area contributed by atoms with Gasteiger partial charge in [-0.2, -0.15) is 5.10 Å². The quantitative estimate of drug-likeness (QED) is 0.614. The number of nitrogens with zero attached hydrogens (tertiary/aromatic N) is 4. The van der Waals surface area contributed by atoms with Gasteiger partial charge in [0, 0.05) is 37.9 Å². The Morgan fingerprint density at radius 2 is 1.76 bits per heavy atom. The zero-order chi connectivity index (χ0) is 23.4. The summed E-state index contributed by atoms with van der Waals surface area (Å²) in [6, 6.07) is 8.58. The lowest BCUT2D eigenvalue weighted by molar-refractivity contribution is -0.133. The fourth-order valence-corrected chi connectivity index (χ4v) is 3.65. The number of hydrogen-bond donors (Lipinski definition) is 1. The number of nitrogens with one attached hydrogen (secondary N) is 1. The van der Waals surface area contributed by atoms with Crippen LogP contribution in [0.5, 0.6) is 5.75 Å². The number of aromatic nitrogens is 2. The lowest BCUT2D eigenvalue weighted by atomic mass is 10.1. The van der Waals surface area contributed by atoms with E-state index in [4.69, 9.17) is 9.15 Å². The molecule has 1 saturated heterocycles. The molecule has 4 rings (SSSR count). The number of hydrogen-bond acceptors (Lipinski definition) is 6. The van der Waals surface area contributed by atoms with Gasteiger partial charge in [0.15, 0.2) is 0 Å². The van der Waals surface area contributed by atoms with Crippen molar-refractivity contribution in [1.29, 1.82) is 0 Å². The van der Waals surface area contributed by atoms with Gasteiger partial charge in [0.2, 0.25) is 5.91 Å². The minimum Gasteiger partial charge on any atom is -0.497 e. The molecule has 1 aliphatic rings. The lowest BCUT2D eigenvalue weighted by Crippen LogP contribution is -2.51. The molecule has 0 atom stereocenters. The zero-order valence-corrected chi connectivity index (χ0v) is 18.5. The number of anilines is 1. The van der Waals surface area contributed by atoms with Crippen molar-refractivity contribution in [3.8, 4) is 5.75 Å². The maximum absolute atomic E-state index is 12.7. The molecule has 0 spiro atoms. The van der Waals surface area contributed by atoms with E-state index in [1.54, 1.807) is 60.4 Å². The molecule has 1 fully saturated rings. The Kier molecular flexibility index (Phi) is 6.43. The summed E-state index contributed by atoms with van der Waals surface area (Å²) in [5.41, 5.74) is 1.52. The van der Waals surface area contributed by atoms with Gasteiger partial charge < -0.3 is 24.3 Å². The van der Waals surface area contributed by atoms with Gasteiger partial charge in [-0.05, 0) is 37.3 Å². The van der Waals surface area contributed by atoms with E-state index in [9.17, 15) is 14.4 Å². The standard InChI is InChI=1S/C23H25N5O5/c1-16-20(7-12-33-16)22(30)25-18-13-24-28(14-18)15-21(29)26-8-10-27(11-9-26)23(31)17-3-5-19(32-2)6-4-17/h3-7,12-14H,8-11,15H2,1-2H3,(H,25,30). The van der Waals surface area contributed by atoms with E-state index in [-0.39, 0.29) is 24.3 Å². The summed E-state index contributed by atoms with van der Waals surface area (Å²) in [6.07, 6.45) is 4.55. The van der Waals surface area contributed by atoms with E-state index in [2.05, 4.69) is 10.4 Å². The average Bonchev–Trinajstić information content (AvgIpc) is 3.47. The predicted octanol–water partition coefficient (Wildman–Crippen LogP) is 2.03. The van der Waals surface area contributed by atoms with Crippen molar-refractivity contribution in [3.63, 3.8) is 0 Å². The highest BCUT2D eigenvalue weighted by atomic mass is 16.5. The first-order valence-corrected chi connectivity index (χ1v) is 10.5. The number of furan rings is 1. The first-order valence-electron chi connectivity index (χ1n) is 10.5. The topological polar surface area (TPSA) is 110 Å². The minimum atomic E-state index is -0.301. The van der Waals surface area contributed by atoms with Crippen LogP contribution in [0.2, 0.25) is 0 Å². The van der Waals surface area contributed by atoms with Gasteiger partial charge >= 0.3 is 0 Å². The molecule has 1 aromatic carbocycles. The SMILES string of the molecule is COc1ccc(C(=O)N2CCN(C(=O)Cn3cc(NC(=O)c4ccoc4C)cn3)CC2)cc1. The third-order valence-corrected chi connectivity index (χ3v) is 5.55. The third-order valence-electron chi connectivity index (χ3n) is 5.55. The minimum absolute atomic E-state index is 0.0486. The first kappa shape index (κ1) is 22.1. The van der Waals surface area contributed by atoms with Crippen LogP contribution in [0.25, 0.3) is 0 Å². The van der Waals surface area contributed by atoms with Crippen molar-refractivity contribution >= 4 is 23.4 Å². The Labute approximate surface area is 190 Å². The van der Waals surface area contributed by atoms with Gasteiger partial charge in [-0.1, -0.05) is 0 Å². The summed E-state index contributed by atoms with van der Waals surface area (Å²) >= 11 is 0. The van der Waals surface area contributed by atoms with Crippen LogP contribution < -0.4 is 10.1 Å². The summed E-state index contributed by atoms with van der Waals surface area (Å²) < 4.78 is 11.7. The van der Waals surface area contributed by atoms with Crippen LogP contribution in [-0.4, -0.2) is 70.6 Å². The number of carbonyl (C=O) groups is 3. The van der Waals surface area contributed by atoms with Gasteiger partial charge in [0.05, 0.1) is 30.8 Å². The van der Waals surface area contributed by atoms with Gasteiger partial charge in [0.1, 0.15) is 18.1 Å². The van der Waals surface area contributed by atoms with E-state index < -0.39 is 0 Å². The van der Waals surface area contributed by atoms with Crippen LogP contribution >= 0.6 is 0 Å². The molecule has 0 radical (unpaired) electrons. The number of rotatable bonds is 6. The summed E-state index contributed by atoms with van der Waals surface area (Å²) in [5.74, 6) is 0.757. The molecule has 3 aromatic rings. The highest BCUT2D eigenvalue weighted by molar-refractivity contribution is 6.04. The second kappa shape index (κ2) is 9.60. The van der Waals surface area contributed by atoms with E-state index in [0.717, 1.165) is 0 Å². The molecule has 2 aromatic heterocycles. The molecule has 0 aliphatic carbocycles. The van der Waals surface area contributed by atoms with Crippen molar-refractivity contribution < 1.29 is 23.5 Å². The third kappa shape index (κ3) is 5.05. The number of amides is 3. The van der Waals surface area contributed by atoms with Crippen LogP contribution in [0.4, 0.5) is 5.69 Å². The normalized spacial score (nSPS) is 13.6. The molecule has 172 valence electrons. The molecular formula is C23H25N5O5. The molecule has 0 unspecified atom stereocenters. The monoisotopic (exact) mass is 451 g/mol. The van der Waals surface area contributed by atoms with E-state index in [1.165, 1.54) is 17.1 Å². The maximum Gasteiger partial charge on any atom is 0.259 e. The molecule has 1 aliphatic heterocycles. The average molecular weight is 451 g/mol. The van der Waals surface area contributed by atoms with Crippen molar-refractivity contribution in [2.75, 3.05) is 38.6 Å². The largest absolute Gasteiger partial charge is 0.497 e. The van der Waals surface area contributed by atoms with E-state index >= 15 is 0 Å². The van der Waals surface area contributed by atoms with Crippen LogP contribution in [0.15, 0.2) is 53.4 Å². The summed E-state index contributed by atoms with van der Waals surface area (Å²) in [7, 11) is 1.58. The Morgan fingerprint density at radius 1 is 1.06 bits per heavy atom. The van der Waals surface area contributed by atoms with Crippen molar-refractivity contribution in [1.82, 2.24) is 19.6 Å². The Bertz CT molecular complexity index is 1140. The summed E-state index contributed by atoms with van der Waals surface area (Å²) in [4.78, 5) is 41.1. The van der Waals surface area contributed by atoms with Crippen LogP contribution in [-0.2, 0) is 11.3 Å². The van der Waals surface area contributed by atoms with Gasteiger partial charge in [-0.3, -0.25) is 19.1 Å². The molecule has 1 N–H and O–H groups in total. The van der Waals surface area contributed by atoms with Gasteiger partial charge in [0.25, 0.3) is 11.8 Å². The first-order chi connectivity index (χ1) is 15.9. The van der Waals surface area contributed by atoms with Crippen LogP contribution in [0.1, 0.15) is 26.5 Å². The van der Waals surface area contributed by atoms with Crippen LogP contribution in [0.3, 0.4) is 0 Å². The second-order valence-electron chi connectivity index (χ2n) is 7.67. The number of benzene rings is 1. The fraction of sp³-hybridized carbons (Fsp3) is 0.304. The summed E-state index contributed by atoms with van der Waals surface area (Å²) in [6.45, 7) is 3.58. The highest BCUT2D eigenvalue weighted by Gasteiger charge is 2.25. The highest BCUT2D eigenvalue weighted by Crippen LogP contribution is 2.15. The molecule has 0 bridgehead atoms. The zero-order valence-electron chi connectivity index (χ0n) is 18.5. The lowest BCUT2D eigenvalue weighted by Gasteiger charge is -2.34. The van der Waals surface area contributed by atoms with Gasteiger partial charge in [-0.15, -0.1) is 0 Å². The predicted molar refractivity (Wildman–Crippen MR) is 119 cm³/mol. The molecule has 0 saturated carbocycles. The number of aryl methyl sites for hydroxylation is 1. The number of piperazine rings is 1. The fourth-order valence-electron chi connectivity index (χ4n) is 3.65. The number of methoxy groups -OCH3 is 1. The second-order valence-corrected chi connectivity index (χ2v) is 7.67. The maximum atomic E-state index is 12.7. The van der Waals surface area contributed by atoms with E-state index in [0.29, 0.717) is 54.5 Å². The van der Waals surface area contributed by atoms with E-state index in [1.807, 2.05) is 0 Å². The smallest absolute Gasteiger partial charge is 0.259 e.